The van der Waals surface area contributed by atoms with Crippen molar-refractivity contribution in [3.05, 3.63) is 16.8 Å². The van der Waals surface area contributed by atoms with E-state index in [2.05, 4.69) is 12.0 Å². The van der Waals surface area contributed by atoms with Crippen molar-refractivity contribution in [3.8, 4) is 0 Å². The van der Waals surface area contributed by atoms with Crippen molar-refractivity contribution in [1.29, 1.82) is 0 Å². The molecule has 0 bridgehead atoms. The minimum absolute atomic E-state index is 0.0546. The molecule has 19 heteroatoms. The monoisotopic (exact) mass is 586 g/mol. The van der Waals surface area contributed by atoms with Gasteiger partial charge in [-0.1, -0.05) is 51.9 Å². The Morgan fingerprint density at radius 3 is 1.64 bits per heavy atom. The maximum atomic E-state index is 12.1. The van der Waals surface area contributed by atoms with Gasteiger partial charge in [-0.25, -0.2) is 21.4 Å². The number of nitrogens with zero attached hydrogens (tertiary/aromatic N) is 4. The van der Waals surface area contributed by atoms with Crippen LogP contribution < -0.4 is 4.57 Å². The molecule has 0 N–H and O–H groups in total. The smallest absolute Gasteiger partial charge is 0.421 e. The molecule has 36 heavy (non-hydrogen) atoms. The number of aromatic nitrogens is 3. The van der Waals surface area contributed by atoms with Crippen molar-refractivity contribution in [2.24, 2.45) is 0 Å². The van der Waals surface area contributed by atoms with Gasteiger partial charge in [0, 0.05) is 5.10 Å². The van der Waals surface area contributed by atoms with Gasteiger partial charge in [0.15, 0.2) is 20.0 Å². The molecule has 1 aromatic rings. The van der Waals surface area contributed by atoms with E-state index >= 15 is 0 Å². The Hall–Kier alpha value is -1.63. The molecular formula is C17H27F9N4O4S2. The number of sulfonamides is 2. The number of halogens is 9. The predicted molar refractivity (Wildman–Crippen MR) is 109 cm³/mol. The second kappa shape index (κ2) is 14.3. The summed E-state index contributed by atoms with van der Waals surface area (Å²) in [5.41, 5.74) is -12.4. The van der Waals surface area contributed by atoms with Crippen LogP contribution in [-0.2, 0) is 33.1 Å². The van der Waals surface area contributed by atoms with Crippen LogP contribution >= 0.6 is 0 Å². The zero-order chi connectivity index (χ0) is 28.3. The van der Waals surface area contributed by atoms with Gasteiger partial charge in [0.25, 0.3) is 6.33 Å². The molecule has 8 nitrogen and oxygen atoms in total. The fourth-order valence-corrected chi connectivity index (χ4v) is 4.18. The second-order valence-corrected chi connectivity index (χ2v) is 10.9. The molecule has 1 rings (SSSR count). The second-order valence-electron chi connectivity index (χ2n) is 7.50. The lowest BCUT2D eigenvalue weighted by Crippen LogP contribution is -2.33. The minimum Gasteiger partial charge on any atom is -0.421 e. The molecule has 0 radical (unpaired) electrons. The number of alkyl halides is 9. The highest BCUT2D eigenvalue weighted by molar-refractivity contribution is 8.13. The Labute approximate surface area is 203 Å². The molecule has 0 spiro atoms. The Morgan fingerprint density at radius 2 is 1.22 bits per heavy atom. The predicted octanol–water partition coefficient (Wildman–Crippen LogP) is 5.32. The van der Waals surface area contributed by atoms with Gasteiger partial charge in [-0.2, -0.15) is 39.5 Å². The topological polar surface area (TPSA) is 104 Å². The van der Waals surface area contributed by atoms with E-state index in [-0.39, 0.29) is 6.54 Å². The lowest BCUT2D eigenvalue weighted by atomic mass is 10.1. The minimum atomic E-state index is -6.72. The summed E-state index contributed by atoms with van der Waals surface area (Å²) in [5, 5.41) is 4.09. The summed E-state index contributed by atoms with van der Waals surface area (Å²) in [5.74, 6) is 0. The van der Waals surface area contributed by atoms with Gasteiger partial charge in [0.2, 0.25) is 6.33 Å². The van der Waals surface area contributed by atoms with Gasteiger partial charge in [-0.3, -0.25) is 0 Å². The van der Waals surface area contributed by atoms with Crippen LogP contribution in [0.3, 0.4) is 0 Å². The van der Waals surface area contributed by atoms with E-state index in [9.17, 15) is 56.3 Å². The number of rotatable bonds is 13. The van der Waals surface area contributed by atoms with E-state index in [0.717, 1.165) is 23.5 Å². The van der Waals surface area contributed by atoms with Crippen LogP contribution in [-0.4, -0.2) is 43.8 Å². The van der Waals surface area contributed by atoms with E-state index in [1.165, 1.54) is 49.4 Å². The molecule has 1 aromatic heterocycles. The van der Waals surface area contributed by atoms with E-state index in [4.69, 9.17) is 0 Å². The van der Waals surface area contributed by atoms with Crippen LogP contribution in [0.5, 0.6) is 0 Å². The highest BCUT2D eigenvalue weighted by atomic mass is 32.3. The van der Waals surface area contributed by atoms with Crippen LogP contribution in [0.25, 0.3) is 4.13 Å². The molecule has 0 saturated heterocycles. The summed E-state index contributed by atoms with van der Waals surface area (Å²) in [6, 6.07) is 0. The lowest BCUT2D eigenvalue weighted by molar-refractivity contribution is -0.701. The van der Waals surface area contributed by atoms with Crippen molar-refractivity contribution >= 4 is 20.0 Å². The Balaban J connectivity index is 0.000000723. The van der Waals surface area contributed by atoms with E-state index in [1.54, 1.807) is 11.0 Å². The Morgan fingerprint density at radius 1 is 0.778 bits per heavy atom. The van der Waals surface area contributed by atoms with Gasteiger partial charge < -0.3 is 4.13 Å². The normalized spacial score (nSPS) is 13.4. The first-order valence-electron chi connectivity index (χ1n) is 10.6. The third-order valence-corrected chi connectivity index (χ3v) is 7.05. The van der Waals surface area contributed by atoms with Crippen LogP contribution in [0.1, 0.15) is 64.7 Å². The van der Waals surface area contributed by atoms with Crippen molar-refractivity contribution in [3.63, 3.8) is 0 Å². The van der Waals surface area contributed by atoms with Gasteiger partial charge in [-0.05, 0) is 6.42 Å². The largest absolute Gasteiger partial charge is 0.480 e. The highest BCUT2D eigenvalue weighted by Gasteiger charge is 2.46. The molecule has 1 heterocycles. The molecule has 0 atom stereocenters. The Kier molecular flexibility index (Phi) is 13.7. The van der Waals surface area contributed by atoms with E-state index < -0.39 is 43.7 Å². The van der Waals surface area contributed by atoms with Gasteiger partial charge in [-0.15, -0.1) is 4.68 Å². The molecule has 0 aliphatic rings. The maximum Gasteiger partial charge on any atom is 0.480 e. The van der Waals surface area contributed by atoms with E-state index in [0.29, 0.717) is 0 Å². The summed E-state index contributed by atoms with van der Waals surface area (Å²) in [4.78, 5) is 0. The highest BCUT2D eigenvalue weighted by Crippen LogP contribution is 2.36. The average Bonchev–Trinajstić information content (AvgIpc) is 3.14. The number of unbranched alkanes of at least 4 members (excludes halogenated alkanes) is 7. The third kappa shape index (κ3) is 14.2. The summed E-state index contributed by atoms with van der Waals surface area (Å²) < 4.78 is 149. The molecule has 0 amide bonds. The molecule has 0 aliphatic heterocycles. The quantitative estimate of drug-likeness (QED) is 0.177. The Bertz CT molecular complexity index is 931. The summed E-state index contributed by atoms with van der Waals surface area (Å²) in [6.07, 6.45) is 8.17. The van der Waals surface area contributed by atoms with Gasteiger partial charge in [0.1, 0.15) is 6.54 Å². The van der Waals surface area contributed by atoms with Crippen molar-refractivity contribution < 1.29 is 60.9 Å². The molecule has 0 fully saturated rings. The standard InChI is InChI=1S/C15H27F3N3.C2F6NO4S2/c1-2-3-4-5-6-7-8-9-11-21-14-20(13-19-21)12-10-15(16,17)18;3-1(4,5)14(10,11)9-15(12,13)2(6,7)8/h13-14H,2-12H2,1H3;/q+1;-1. The van der Waals surface area contributed by atoms with Crippen molar-refractivity contribution in [1.82, 2.24) is 9.78 Å². The van der Waals surface area contributed by atoms with Crippen LogP contribution in [0, 0.1) is 0 Å². The SMILES string of the molecule is CCCCCCCCCCn1c[n+](CCC(F)(F)F)cn1.O=S(=O)([N-]S(=O)(=O)C(F)(F)F)C(F)(F)F. The van der Waals surface area contributed by atoms with Crippen LogP contribution in [0.4, 0.5) is 39.5 Å². The van der Waals surface area contributed by atoms with Crippen molar-refractivity contribution in [2.75, 3.05) is 0 Å². The number of aryl methyl sites for hydroxylation is 2. The maximum absolute atomic E-state index is 12.1. The summed E-state index contributed by atoms with van der Waals surface area (Å²) in [6.45, 7) is 2.94. The fourth-order valence-electron chi connectivity index (χ4n) is 2.47. The molecule has 0 unspecified atom stereocenters. The molecule has 0 aliphatic carbocycles. The number of hydrogen-bond donors (Lipinski definition) is 0. The van der Waals surface area contributed by atoms with Crippen LogP contribution in [0.15, 0.2) is 12.7 Å². The number of hydrogen-bond acceptors (Lipinski definition) is 5. The summed E-state index contributed by atoms with van der Waals surface area (Å²) >= 11 is 0. The first-order valence-corrected chi connectivity index (χ1v) is 13.4. The van der Waals surface area contributed by atoms with Crippen LogP contribution in [0.2, 0.25) is 0 Å². The zero-order valence-electron chi connectivity index (χ0n) is 19.1. The first-order chi connectivity index (χ1) is 16.2. The molecule has 0 saturated carbocycles. The molecule has 214 valence electrons. The fraction of sp³-hybridized carbons (Fsp3) is 0.882. The van der Waals surface area contributed by atoms with Gasteiger partial charge in [0.05, 0.1) is 13.0 Å². The zero-order valence-corrected chi connectivity index (χ0v) is 20.7. The first kappa shape index (κ1) is 34.4. The molecule has 0 aromatic carbocycles. The summed E-state index contributed by atoms with van der Waals surface area (Å²) in [7, 11) is -13.4. The molecular weight excluding hydrogens is 559 g/mol. The lowest BCUT2D eigenvalue weighted by Gasteiger charge is -2.22. The third-order valence-electron chi connectivity index (χ3n) is 4.31. The van der Waals surface area contributed by atoms with Crippen molar-refractivity contribution in [2.45, 2.75) is 95.0 Å². The van der Waals surface area contributed by atoms with E-state index in [1.807, 2.05) is 0 Å². The average molecular weight is 587 g/mol. The van der Waals surface area contributed by atoms with Gasteiger partial charge >= 0.3 is 17.2 Å².